The standard InChI is InChI=1S/C11H7Br2FN2/c12-8-2-1-7(14)5-11(8)16-10-3-4-15-6-9(10)13/h1-6H,(H,15,16). The van der Waals surface area contributed by atoms with Crippen LogP contribution in [0.25, 0.3) is 0 Å². The smallest absolute Gasteiger partial charge is 0.125 e. The minimum atomic E-state index is -0.282. The van der Waals surface area contributed by atoms with Crippen LogP contribution in [0, 0.1) is 5.82 Å². The molecule has 1 heterocycles. The van der Waals surface area contributed by atoms with Gasteiger partial charge in [0.25, 0.3) is 0 Å². The summed E-state index contributed by atoms with van der Waals surface area (Å²) < 4.78 is 14.7. The average molecular weight is 346 g/mol. The molecule has 0 atom stereocenters. The van der Waals surface area contributed by atoms with E-state index in [1.54, 1.807) is 24.5 Å². The highest BCUT2D eigenvalue weighted by atomic mass is 79.9. The molecule has 0 aliphatic carbocycles. The highest BCUT2D eigenvalue weighted by Crippen LogP contribution is 2.29. The van der Waals surface area contributed by atoms with Crippen molar-refractivity contribution >= 4 is 43.2 Å². The Morgan fingerprint density at radius 2 is 1.88 bits per heavy atom. The van der Waals surface area contributed by atoms with Gasteiger partial charge in [-0.3, -0.25) is 4.98 Å². The molecule has 2 nitrogen and oxygen atoms in total. The summed E-state index contributed by atoms with van der Waals surface area (Å²) in [6.45, 7) is 0. The lowest BCUT2D eigenvalue weighted by Crippen LogP contribution is -1.93. The summed E-state index contributed by atoms with van der Waals surface area (Å²) in [6, 6.07) is 6.29. The van der Waals surface area contributed by atoms with Gasteiger partial charge in [0.15, 0.2) is 0 Å². The van der Waals surface area contributed by atoms with Gasteiger partial charge in [-0.1, -0.05) is 0 Å². The van der Waals surface area contributed by atoms with Crippen molar-refractivity contribution in [2.45, 2.75) is 0 Å². The molecule has 0 unspecified atom stereocenters. The molecule has 1 aromatic heterocycles. The third-order valence-corrected chi connectivity index (χ3v) is 3.29. The molecule has 5 heteroatoms. The van der Waals surface area contributed by atoms with E-state index >= 15 is 0 Å². The van der Waals surface area contributed by atoms with Crippen LogP contribution in [0.1, 0.15) is 0 Å². The Hall–Kier alpha value is -0.940. The van der Waals surface area contributed by atoms with Gasteiger partial charge in [-0.25, -0.2) is 4.39 Å². The Bertz CT molecular complexity index is 517. The predicted octanol–water partition coefficient (Wildman–Crippen LogP) is 4.49. The Labute approximate surface area is 109 Å². The van der Waals surface area contributed by atoms with Crippen molar-refractivity contribution in [2.24, 2.45) is 0 Å². The molecule has 82 valence electrons. The molecule has 0 aliphatic heterocycles. The minimum Gasteiger partial charge on any atom is -0.354 e. The lowest BCUT2D eigenvalue weighted by atomic mass is 10.3. The number of hydrogen-bond acceptors (Lipinski definition) is 2. The van der Waals surface area contributed by atoms with Crippen molar-refractivity contribution in [3.05, 3.63) is 51.4 Å². The van der Waals surface area contributed by atoms with E-state index in [4.69, 9.17) is 0 Å². The number of benzene rings is 1. The lowest BCUT2D eigenvalue weighted by molar-refractivity contribution is 0.628. The molecule has 16 heavy (non-hydrogen) atoms. The molecule has 0 fully saturated rings. The van der Waals surface area contributed by atoms with E-state index < -0.39 is 0 Å². The third-order valence-electron chi connectivity index (χ3n) is 1.97. The molecule has 0 aliphatic rings. The second-order valence-electron chi connectivity index (χ2n) is 3.10. The lowest BCUT2D eigenvalue weighted by Gasteiger charge is -2.09. The minimum absolute atomic E-state index is 0.282. The van der Waals surface area contributed by atoms with Crippen LogP contribution in [-0.4, -0.2) is 4.98 Å². The van der Waals surface area contributed by atoms with Crippen molar-refractivity contribution in [3.63, 3.8) is 0 Å². The molecule has 0 spiro atoms. The summed E-state index contributed by atoms with van der Waals surface area (Å²) in [5.41, 5.74) is 1.51. The van der Waals surface area contributed by atoms with E-state index in [1.807, 2.05) is 0 Å². The van der Waals surface area contributed by atoms with Crippen LogP contribution in [-0.2, 0) is 0 Å². The Morgan fingerprint density at radius 3 is 2.62 bits per heavy atom. The van der Waals surface area contributed by atoms with E-state index in [0.717, 1.165) is 14.6 Å². The second kappa shape index (κ2) is 4.93. The van der Waals surface area contributed by atoms with Crippen LogP contribution in [0.5, 0.6) is 0 Å². The van der Waals surface area contributed by atoms with Gasteiger partial charge >= 0.3 is 0 Å². The molecule has 0 saturated carbocycles. The fraction of sp³-hybridized carbons (Fsp3) is 0. The number of nitrogens with one attached hydrogen (secondary N) is 1. The number of pyridine rings is 1. The summed E-state index contributed by atoms with van der Waals surface area (Å²) in [5.74, 6) is -0.282. The molecule has 0 saturated heterocycles. The zero-order chi connectivity index (χ0) is 11.5. The summed E-state index contributed by atoms with van der Waals surface area (Å²) >= 11 is 6.72. The van der Waals surface area contributed by atoms with Gasteiger partial charge in [0.05, 0.1) is 15.8 Å². The molecule has 0 radical (unpaired) electrons. The Balaban J connectivity index is 2.34. The normalized spacial score (nSPS) is 10.2. The van der Waals surface area contributed by atoms with Gasteiger partial charge in [-0.2, -0.15) is 0 Å². The monoisotopic (exact) mass is 344 g/mol. The zero-order valence-corrected chi connectivity index (χ0v) is 11.2. The molecule has 2 aromatic rings. The molecular weight excluding hydrogens is 339 g/mol. The zero-order valence-electron chi connectivity index (χ0n) is 8.05. The van der Waals surface area contributed by atoms with Crippen LogP contribution in [0.4, 0.5) is 15.8 Å². The number of halogens is 3. The van der Waals surface area contributed by atoms with Crippen LogP contribution < -0.4 is 5.32 Å². The second-order valence-corrected chi connectivity index (χ2v) is 4.81. The largest absolute Gasteiger partial charge is 0.354 e. The van der Waals surface area contributed by atoms with Gasteiger partial charge in [0, 0.05) is 16.9 Å². The van der Waals surface area contributed by atoms with Gasteiger partial charge in [-0.05, 0) is 56.1 Å². The van der Waals surface area contributed by atoms with E-state index in [-0.39, 0.29) is 5.82 Å². The first kappa shape index (κ1) is 11.5. The summed E-state index contributed by atoms with van der Waals surface area (Å²) in [7, 11) is 0. The van der Waals surface area contributed by atoms with Crippen molar-refractivity contribution in [1.29, 1.82) is 0 Å². The highest BCUT2D eigenvalue weighted by Gasteiger charge is 2.04. The maximum atomic E-state index is 13.1. The number of hydrogen-bond donors (Lipinski definition) is 1. The summed E-state index contributed by atoms with van der Waals surface area (Å²) in [6.07, 6.45) is 3.34. The van der Waals surface area contributed by atoms with Crippen LogP contribution in [0.3, 0.4) is 0 Å². The summed E-state index contributed by atoms with van der Waals surface area (Å²) in [4.78, 5) is 3.95. The van der Waals surface area contributed by atoms with Crippen molar-refractivity contribution in [3.8, 4) is 0 Å². The molecular formula is C11H7Br2FN2. The molecule has 0 amide bonds. The van der Waals surface area contributed by atoms with E-state index in [0.29, 0.717) is 5.69 Å². The topological polar surface area (TPSA) is 24.9 Å². The van der Waals surface area contributed by atoms with E-state index in [9.17, 15) is 4.39 Å². The van der Waals surface area contributed by atoms with Crippen LogP contribution in [0.15, 0.2) is 45.6 Å². The molecule has 2 rings (SSSR count). The van der Waals surface area contributed by atoms with Gasteiger partial charge in [0.2, 0.25) is 0 Å². The van der Waals surface area contributed by atoms with Gasteiger partial charge in [0.1, 0.15) is 5.82 Å². The quantitative estimate of drug-likeness (QED) is 0.867. The van der Waals surface area contributed by atoms with E-state index in [2.05, 4.69) is 42.2 Å². The van der Waals surface area contributed by atoms with E-state index in [1.165, 1.54) is 12.1 Å². The van der Waals surface area contributed by atoms with Crippen LogP contribution in [0.2, 0.25) is 0 Å². The van der Waals surface area contributed by atoms with Gasteiger partial charge in [-0.15, -0.1) is 0 Å². The number of anilines is 2. The van der Waals surface area contributed by atoms with Crippen molar-refractivity contribution in [1.82, 2.24) is 4.98 Å². The maximum Gasteiger partial charge on any atom is 0.125 e. The molecule has 1 N–H and O–H groups in total. The number of aromatic nitrogens is 1. The van der Waals surface area contributed by atoms with Crippen LogP contribution >= 0.6 is 31.9 Å². The van der Waals surface area contributed by atoms with Crippen molar-refractivity contribution < 1.29 is 4.39 Å². The fourth-order valence-corrected chi connectivity index (χ4v) is 1.91. The Morgan fingerprint density at radius 1 is 1.06 bits per heavy atom. The number of rotatable bonds is 2. The predicted molar refractivity (Wildman–Crippen MR) is 69.3 cm³/mol. The first-order valence-corrected chi connectivity index (χ1v) is 6.07. The Kier molecular flexibility index (Phi) is 3.56. The SMILES string of the molecule is Fc1ccc(Br)c(Nc2ccncc2Br)c1. The first-order chi connectivity index (χ1) is 7.66. The average Bonchev–Trinajstić information content (AvgIpc) is 2.27. The highest BCUT2D eigenvalue weighted by molar-refractivity contribution is 9.11. The van der Waals surface area contributed by atoms with Crippen molar-refractivity contribution in [2.75, 3.05) is 5.32 Å². The third kappa shape index (κ3) is 2.59. The molecule has 1 aromatic carbocycles. The fourth-order valence-electron chi connectivity index (χ4n) is 1.21. The summed E-state index contributed by atoms with van der Waals surface area (Å²) in [5, 5.41) is 3.11. The first-order valence-electron chi connectivity index (χ1n) is 4.48. The maximum absolute atomic E-state index is 13.1. The van der Waals surface area contributed by atoms with Gasteiger partial charge < -0.3 is 5.32 Å². The molecule has 0 bridgehead atoms. The number of nitrogens with zero attached hydrogens (tertiary/aromatic N) is 1.